The van der Waals surface area contributed by atoms with Crippen LogP contribution in [0.5, 0.6) is 0 Å². The second-order valence-electron chi connectivity index (χ2n) is 10.2. The molecule has 1 amide bonds. The molecule has 0 spiro atoms. The zero-order chi connectivity index (χ0) is 28.6. The Labute approximate surface area is 243 Å². The van der Waals surface area contributed by atoms with E-state index in [1.807, 2.05) is 56.4 Å². The number of thioether (sulfide) groups is 1. The third kappa shape index (κ3) is 5.88. The van der Waals surface area contributed by atoms with E-state index in [0.717, 1.165) is 5.69 Å². The number of para-hydroxylation sites is 1. The molecule has 0 N–H and O–H groups in total. The van der Waals surface area contributed by atoms with Gasteiger partial charge in [-0.15, -0.1) is 0 Å². The molecule has 2 atom stereocenters. The van der Waals surface area contributed by atoms with Gasteiger partial charge in [-0.3, -0.25) is 4.79 Å². The van der Waals surface area contributed by atoms with Crippen molar-refractivity contribution in [3.8, 4) is 16.9 Å². The summed E-state index contributed by atoms with van der Waals surface area (Å²) in [6.45, 7) is 6.73. The Bertz CT molecular complexity index is 1600. The Morgan fingerprint density at radius 2 is 1.73 bits per heavy atom. The van der Waals surface area contributed by atoms with E-state index in [9.17, 15) is 13.2 Å². The number of sulfonamides is 1. The number of carbonyl (C=O) groups excluding carboxylic acids is 1. The summed E-state index contributed by atoms with van der Waals surface area (Å²) in [4.78, 5) is 20.1. The zero-order valence-electron chi connectivity index (χ0n) is 22.8. The smallest absolute Gasteiger partial charge is 0.286 e. The molecule has 6 rings (SSSR count). The van der Waals surface area contributed by atoms with Gasteiger partial charge in [0.15, 0.2) is 5.17 Å². The number of amidine groups is 1. The first-order valence-corrected chi connectivity index (χ1v) is 15.8. The second-order valence-corrected chi connectivity index (χ2v) is 13.2. The maximum absolute atomic E-state index is 13.4. The number of aromatic nitrogens is 2. The first-order valence-electron chi connectivity index (χ1n) is 13.5. The van der Waals surface area contributed by atoms with Crippen molar-refractivity contribution in [2.75, 3.05) is 39.4 Å². The molecule has 2 aromatic carbocycles. The van der Waals surface area contributed by atoms with E-state index in [1.54, 1.807) is 29.0 Å². The molecule has 3 aromatic rings. The van der Waals surface area contributed by atoms with Crippen LogP contribution < -0.4 is 0 Å². The predicted molar refractivity (Wildman–Crippen MR) is 158 cm³/mol. The number of amides is 1. The van der Waals surface area contributed by atoms with Crippen LogP contribution in [0.25, 0.3) is 23.0 Å². The van der Waals surface area contributed by atoms with Gasteiger partial charge in [0.2, 0.25) is 10.0 Å². The Kier molecular flexibility index (Phi) is 7.84. The Balaban J connectivity index is 1.36. The van der Waals surface area contributed by atoms with Crippen molar-refractivity contribution in [1.29, 1.82) is 0 Å². The van der Waals surface area contributed by atoms with Crippen molar-refractivity contribution in [3.05, 3.63) is 71.3 Å². The molecule has 10 nitrogen and oxygen atoms in total. The van der Waals surface area contributed by atoms with Gasteiger partial charge in [0.1, 0.15) is 5.69 Å². The van der Waals surface area contributed by atoms with Gasteiger partial charge in [-0.05, 0) is 56.0 Å². The highest BCUT2D eigenvalue weighted by Crippen LogP contribution is 2.35. The van der Waals surface area contributed by atoms with Gasteiger partial charge in [0.25, 0.3) is 5.91 Å². The van der Waals surface area contributed by atoms with Gasteiger partial charge in [0.05, 0.1) is 40.9 Å². The molecule has 2 unspecified atom stereocenters. The van der Waals surface area contributed by atoms with Crippen LogP contribution >= 0.6 is 11.8 Å². The Morgan fingerprint density at radius 1 is 1.00 bits per heavy atom. The molecule has 4 heterocycles. The lowest BCUT2D eigenvalue weighted by Crippen LogP contribution is -2.47. The average molecular weight is 594 g/mol. The van der Waals surface area contributed by atoms with Crippen molar-refractivity contribution >= 4 is 38.9 Å². The molecule has 0 aliphatic carbocycles. The lowest BCUT2D eigenvalue weighted by Gasteiger charge is -2.35. The van der Waals surface area contributed by atoms with E-state index < -0.39 is 10.0 Å². The molecule has 3 aliphatic heterocycles. The molecule has 41 heavy (non-hydrogen) atoms. The Morgan fingerprint density at radius 3 is 2.46 bits per heavy atom. The van der Waals surface area contributed by atoms with Crippen LogP contribution in [0.15, 0.2) is 75.6 Å². The number of hydrogen-bond acceptors (Lipinski definition) is 8. The van der Waals surface area contributed by atoms with E-state index >= 15 is 0 Å². The summed E-state index contributed by atoms with van der Waals surface area (Å²) >= 11 is 1.34. The van der Waals surface area contributed by atoms with Crippen molar-refractivity contribution in [2.24, 2.45) is 4.99 Å². The first kappa shape index (κ1) is 27.9. The molecule has 1 aromatic heterocycles. The van der Waals surface area contributed by atoms with Gasteiger partial charge in [0, 0.05) is 43.5 Å². The van der Waals surface area contributed by atoms with Crippen LogP contribution in [0.1, 0.15) is 19.4 Å². The molecule has 214 valence electrons. The van der Waals surface area contributed by atoms with Gasteiger partial charge < -0.3 is 14.4 Å². The SMILES string of the molecule is CC1CN(C2=NC(=O)/C(=C/c3cn(-c4ccccc4)nc3-c3cccc(S(=O)(=O)N4CCOCC4)c3)S2)CC(C)O1. The van der Waals surface area contributed by atoms with Crippen molar-refractivity contribution in [2.45, 2.75) is 31.0 Å². The van der Waals surface area contributed by atoms with Crippen LogP contribution in [-0.4, -0.2) is 90.1 Å². The minimum Gasteiger partial charge on any atom is -0.379 e. The van der Waals surface area contributed by atoms with E-state index in [1.165, 1.54) is 16.1 Å². The quantitative estimate of drug-likeness (QED) is 0.413. The maximum Gasteiger partial charge on any atom is 0.286 e. The summed E-state index contributed by atoms with van der Waals surface area (Å²) in [6.07, 6.45) is 3.73. The summed E-state index contributed by atoms with van der Waals surface area (Å²) in [5.74, 6) is -0.307. The minimum atomic E-state index is -3.70. The van der Waals surface area contributed by atoms with Crippen LogP contribution in [0, 0.1) is 0 Å². The van der Waals surface area contributed by atoms with E-state index in [-0.39, 0.29) is 23.0 Å². The highest BCUT2D eigenvalue weighted by atomic mass is 32.2. The maximum atomic E-state index is 13.4. The summed E-state index contributed by atoms with van der Waals surface area (Å²) < 4.78 is 41.1. The van der Waals surface area contributed by atoms with Crippen LogP contribution in [0.3, 0.4) is 0 Å². The predicted octanol–water partition coefficient (Wildman–Crippen LogP) is 3.64. The third-order valence-electron chi connectivity index (χ3n) is 7.06. The van der Waals surface area contributed by atoms with E-state index in [4.69, 9.17) is 14.6 Å². The van der Waals surface area contributed by atoms with Gasteiger partial charge >= 0.3 is 0 Å². The fraction of sp³-hybridized carbons (Fsp3) is 0.345. The molecule has 0 radical (unpaired) electrons. The van der Waals surface area contributed by atoms with Crippen molar-refractivity contribution in [3.63, 3.8) is 0 Å². The average Bonchev–Trinajstić information content (AvgIpc) is 3.57. The molecule has 2 saturated heterocycles. The molecule has 2 fully saturated rings. The van der Waals surface area contributed by atoms with Gasteiger partial charge in [-0.1, -0.05) is 30.3 Å². The Hall–Kier alpha value is -3.29. The number of ether oxygens (including phenoxy) is 2. The molecular formula is C29H31N5O5S2. The normalized spacial score (nSPS) is 23.3. The molecule has 3 aliphatic rings. The van der Waals surface area contributed by atoms with Crippen LogP contribution in [0.4, 0.5) is 0 Å². The van der Waals surface area contributed by atoms with Crippen LogP contribution in [0.2, 0.25) is 0 Å². The number of benzene rings is 2. The summed E-state index contributed by atoms with van der Waals surface area (Å²) in [5, 5.41) is 5.51. The molecule has 12 heteroatoms. The molecule has 0 bridgehead atoms. The van der Waals surface area contributed by atoms with Gasteiger partial charge in [-0.2, -0.15) is 14.4 Å². The fourth-order valence-electron chi connectivity index (χ4n) is 5.18. The monoisotopic (exact) mass is 593 g/mol. The number of aliphatic imine (C=N–C) groups is 1. The highest BCUT2D eigenvalue weighted by Gasteiger charge is 2.32. The van der Waals surface area contributed by atoms with Crippen molar-refractivity contribution in [1.82, 2.24) is 19.0 Å². The van der Waals surface area contributed by atoms with Gasteiger partial charge in [-0.25, -0.2) is 13.1 Å². The second kappa shape index (κ2) is 11.5. The number of rotatable bonds is 5. The lowest BCUT2D eigenvalue weighted by atomic mass is 10.1. The highest BCUT2D eigenvalue weighted by molar-refractivity contribution is 8.18. The summed E-state index contributed by atoms with van der Waals surface area (Å²) in [6, 6.07) is 16.4. The minimum absolute atomic E-state index is 0.0434. The van der Waals surface area contributed by atoms with E-state index in [0.29, 0.717) is 66.3 Å². The number of hydrogen-bond donors (Lipinski definition) is 0. The number of carbonyl (C=O) groups is 1. The molecule has 0 saturated carbocycles. The van der Waals surface area contributed by atoms with Crippen LogP contribution in [-0.2, 0) is 24.3 Å². The topological polar surface area (TPSA) is 106 Å². The zero-order valence-corrected chi connectivity index (χ0v) is 24.5. The third-order valence-corrected chi connectivity index (χ3v) is 10.0. The lowest BCUT2D eigenvalue weighted by molar-refractivity contribution is -0.113. The van der Waals surface area contributed by atoms with Crippen molar-refractivity contribution < 1.29 is 22.7 Å². The number of morpholine rings is 2. The van der Waals surface area contributed by atoms with E-state index in [2.05, 4.69) is 9.89 Å². The number of nitrogens with zero attached hydrogens (tertiary/aromatic N) is 5. The largest absolute Gasteiger partial charge is 0.379 e. The summed E-state index contributed by atoms with van der Waals surface area (Å²) in [7, 11) is -3.70. The molecular weight excluding hydrogens is 562 g/mol. The standard InChI is InChI=1S/C29H31N5O5S2/c1-20-17-32(18-21(2)39-20)29-30-28(35)26(40-29)16-23-19-34(24-8-4-3-5-9-24)31-27(23)22-7-6-10-25(15-22)41(36,37)33-11-13-38-14-12-33/h3-10,15-16,19-21H,11-14,17-18H2,1-2H3/b26-16-. The first-order chi connectivity index (χ1) is 19.8. The fourth-order valence-corrected chi connectivity index (χ4v) is 7.56. The summed E-state index contributed by atoms with van der Waals surface area (Å²) in [5.41, 5.74) is 2.73.